The molecule has 1 saturated heterocycles. The summed E-state index contributed by atoms with van der Waals surface area (Å²) in [5.74, 6) is -2.78. The second kappa shape index (κ2) is 18.2. The van der Waals surface area contributed by atoms with Crippen LogP contribution in [0.1, 0.15) is 66.5 Å². The average Bonchev–Trinajstić information content (AvgIpc) is 3.03. The van der Waals surface area contributed by atoms with Gasteiger partial charge in [0.2, 0.25) is 34.7 Å². The van der Waals surface area contributed by atoms with Gasteiger partial charge in [-0.15, -0.1) is 0 Å². The Morgan fingerprint density at radius 2 is 1.27 bits per heavy atom. The molecule has 51 heavy (non-hydrogen) atoms. The summed E-state index contributed by atoms with van der Waals surface area (Å²) in [7, 11) is 0. The predicted molar refractivity (Wildman–Crippen MR) is 195 cm³/mol. The molecule has 0 radical (unpaired) electrons. The molecule has 1 fully saturated rings. The molecular formula is C37H51N5O8S. The average molecular weight is 726 g/mol. The van der Waals surface area contributed by atoms with Crippen LogP contribution < -0.4 is 31.3 Å². The van der Waals surface area contributed by atoms with Gasteiger partial charge in [0, 0.05) is 25.5 Å². The van der Waals surface area contributed by atoms with Crippen LogP contribution >= 0.6 is 11.8 Å². The minimum Gasteiger partial charge on any atom is -0.488 e. The number of rotatable bonds is 8. The number of nitrogens with one attached hydrogen (secondary N) is 5. The van der Waals surface area contributed by atoms with Gasteiger partial charge in [-0.3, -0.25) is 28.8 Å². The second-order valence-electron chi connectivity index (χ2n) is 14.5. The lowest BCUT2D eigenvalue weighted by Crippen LogP contribution is -2.60. The van der Waals surface area contributed by atoms with E-state index >= 15 is 0 Å². The van der Waals surface area contributed by atoms with Gasteiger partial charge in [0.15, 0.2) is 0 Å². The van der Waals surface area contributed by atoms with Crippen molar-refractivity contribution in [3.05, 3.63) is 65.7 Å². The summed E-state index contributed by atoms with van der Waals surface area (Å²) in [5.41, 5.74) is 0.371. The highest BCUT2D eigenvalue weighted by Crippen LogP contribution is 2.20. The van der Waals surface area contributed by atoms with E-state index in [0.29, 0.717) is 11.3 Å². The third kappa shape index (κ3) is 14.4. The van der Waals surface area contributed by atoms with Gasteiger partial charge in [-0.25, -0.2) is 0 Å². The smallest absolute Gasteiger partial charge is 0.245 e. The van der Waals surface area contributed by atoms with Crippen LogP contribution in [-0.4, -0.2) is 88.4 Å². The Balaban J connectivity index is 2.04. The first-order valence-electron chi connectivity index (χ1n) is 16.9. The molecule has 0 aromatic heterocycles. The van der Waals surface area contributed by atoms with E-state index in [9.17, 15) is 28.8 Å². The van der Waals surface area contributed by atoms with Crippen molar-refractivity contribution in [1.29, 1.82) is 0 Å². The molecule has 5 amide bonds. The highest BCUT2D eigenvalue weighted by atomic mass is 32.2. The second-order valence-corrected chi connectivity index (χ2v) is 15.5. The van der Waals surface area contributed by atoms with Crippen molar-refractivity contribution in [2.45, 2.75) is 110 Å². The molecule has 0 saturated carbocycles. The topological polar surface area (TPSA) is 181 Å². The van der Waals surface area contributed by atoms with Gasteiger partial charge in [-0.2, -0.15) is 0 Å². The fraction of sp³-hybridized carbons (Fsp3) is 0.514. The highest BCUT2D eigenvalue weighted by Gasteiger charge is 2.34. The first-order valence-corrected chi connectivity index (χ1v) is 17.9. The van der Waals surface area contributed by atoms with Crippen LogP contribution in [0.2, 0.25) is 0 Å². The number of amides is 5. The number of thioether (sulfide) groups is 1. The fourth-order valence-corrected chi connectivity index (χ4v) is 5.88. The van der Waals surface area contributed by atoms with Crippen LogP contribution in [0, 0.1) is 0 Å². The zero-order chi connectivity index (χ0) is 37.9. The lowest BCUT2D eigenvalue weighted by molar-refractivity contribution is -0.136. The lowest BCUT2D eigenvalue weighted by Gasteiger charge is -2.29. The van der Waals surface area contributed by atoms with E-state index in [1.807, 2.05) is 51.1 Å². The SMILES string of the molecule is CC(=O)N[C@H]1CSC(=O)[C@H](Cc2ccccc2)NC(=O)[C@H](Cc2ccc(OC(C)(C)C)cc2)NC(=O)[C@H](COC(C)(C)C)NC(=O)[C@H](C)NC1=O. The van der Waals surface area contributed by atoms with E-state index in [4.69, 9.17) is 9.47 Å². The molecule has 278 valence electrons. The van der Waals surface area contributed by atoms with Gasteiger partial charge in [-0.1, -0.05) is 54.2 Å². The maximum absolute atomic E-state index is 14.1. The minimum absolute atomic E-state index is 0.0463. The van der Waals surface area contributed by atoms with Crippen molar-refractivity contribution < 1.29 is 38.2 Å². The fourth-order valence-electron chi connectivity index (χ4n) is 4.97. The van der Waals surface area contributed by atoms with Crippen LogP contribution in [0.25, 0.3) is 0 Å². The number of carbonyl (C=O) groups is 6. The summed E-state index contributed by atoms with van der Waals surface area (Å²) < 4.78 is 11.8. The monoisotopic (exact) mass is 725 g/mol. The summed E-state index contributed by atoms with van der Waals surface area (Å²) in [6.45, 7) is 13.6. The first-order chi connectivity index (χ1) is 23.8. The Bertz CT molecular complexity index is 1540. The van der Waals surface area contributed by atoms with E-state index < -0.39 is 76.1 Å². The van der Waals surface area contributed by atoms with Crippen LogP contribution in [-0.2, 0) is 46.3 Å². The third-order valence-electron chi connectivity index (χ3n) is 7.46. The van der Waals surface area contributed by atoms with E-state index in [1.54, 1.807) is 45.0 Å². The predicted octanol–water partition coefficient (Wildman–Crippen LogP) is 2.20. The number of carbonyl (C=O) groups excluding carboxylic acids is 6. The van der Waals surface area contributed by atoms with Crippen molar-refractivity contribution in [3.8, 4) is 5.75 Å². The summed E-state index contributed by atoms with van der Waals surface area (Å²) in [6, 6.07) is 10.4. The minimum atomic E-state index is -1.26. The van der Waals surface area contributed by atoms with Crippen molar-refractivity contribution in [2.75, 3.05) is 12.4 Å². The molecule has 2 aromatic carbocycles. The maximum atomic E-state index is 14.1. The summed E-state index contributed by atoms with van der Waals surface area (Å²) in [4.78, 5) is 80.3. The normalized spacial score (nSPS) is 23.0. The molecule has 0 spiro atoms. The number of ether oxygens (including phenoxy) is 2. The lowest BCUT2D eigenvalue weighted by atomic mass is 10.0. The van der Waals surface area contributed by atoms with E-state index in [0.717, 1.165) is 17.3 Å². The molecule has 1 aliphatic heterocycles. The maximum Gasteiger partial charge on any atom is 0.245 e. The summed E-state index contributed by atoms with van der Waals surface area (Å²) in [6.07, 6.45) is 0.175. The highest BCUT2D eigenvalue weighted by molar-refractivity contribution is 8.13. The Labute approximate surface area is 304 Å². The standard InChI is InChI=1S/C37H51N5O8S/c1-22-31(44)42-29(20-49-36(3,4)5)33(46)40-27(18-25-14-16-26(17-15-25)50-37(6,7)8)32(45)41-28(19-24-12-10-9-11-13-24)35(48)51-21-30(34(47)38-22)39-23(2)43/h9-17,22,27-30H,18-21H2,1-8H3,(H,38,47)(H,39,43)(H,40,46)(H,41,45)(H,42,44)/t22-,27-,28-,29-,30-/m0/s1. The quantitative estimate of drug-likeness (QED) is 0.273. The molecule has 0 bridgehead atoms. The van der Waals surface area contributed by atoms with Gasteiger partial charge < -0.3 is 36.1 Å². The summed E-state index contributed by atoms with van der Waals surface area (Å²) in [5, 5.41) is 12.9. The van der Waals surface area contributed by atoms with Crippen LogP contribution in [0.3, 0.4) is 0 Å². The molecule has 1 heterocycles. The number of benzene rings is 2. The largest absolute Gasteiger partial charge is 0.488 e. The van der Waals surface area contributed by atoms with Gasteiger partial charge in [0.05, 0.1) is 12.2 Å². The first kappa shape index (κ1) is 41.0. The molecular weight excluding hydrogens is 675 g/mol. The van der Waals surface area contributed by atoms with Crippen LogP contribution in [0.15, 0.2) is 54.6 Å². The van der Waals surface area contributed by atoms with E-state index in [1.165, 1.54) is 13.8 Å². The van der Waals surface area contributed by atoms with Crippen molar-refractivity contribution in [3.63, 3.8) is 0 Å². The Morgan fingerprint density at radius 3 is 1.86 bits per heavy atom. The van der Waals surface area contributed by atoms with Crippen LogP contribution in [0.4, 0.5) is 0 Å². The molecule has 5 N–H and O–H groups in total. The van der Waals surface area contributed by atoms with Crippen molar-refractivity contribution in [2.24, 2.45) is 0 Å². The zero-order valence-electron chi connectivity index (χ0n) is 30.6. The van der Waals surface area contributed by atoms with Crippen molar-refractivity contribution >= 4 is 46.4 Å². The molecule has 0 aliphatic carbocycles. The molecule has 3 rings (SSSR count). The third-order valence-corrected chi connectivity index (χ3v) is 8.53. The van der Waals surface area contributed by atoms with Gasteiger partial charge in [0.1, 0.15) is 41.6 Å². The molecule has 13 nitrogen and oxygen atoms in total. The summed E-state index contributed by atoms with van der Waals surface area (Å²) >= 11 is 0.771. The van der Waals surface area contributed by atoms with Crippen molar-refractivity contribution in [1.82, 2.24) is 26.6 Å². The zero-order valence-corrected chi connectivity index (χ0v) is 31.4. The van der Waals surface area contributed by atoms with E-state index in [-0.39, 0.29) is 25.2 Å². The Hall–Kier alpha value is -4.43. The van der Waals surface area contributed by atoms with E-state index in [2.05, 4.69) is 26.6 Å². The van der Waals surface area contributed by atoms with Gasteiger partial charge in [0.25, 0.3) is 0 Å². The number of hydrogen-bond donors (Lipinski definition) is 5. The molecule has 2 aromatic rings. The molecule has 0 unspecified atom stereocenters. The molecule has 14 heteroatoms. The van der Waals surface area contributed by atoms with Crippen LogP contribution in [0.5, 0.6) is 5.75 Å². The molecule has 1 aliphatic rings. The Kier molecular flexibility index (Phi) is 14.6. The number of hydrogen-bond acceptors (Lipinski definition) is 9. The van der Waals surface area contributed by atoms with Gasteiger partial charge in [-0.05, 0) is 71.7 Å². The Morgan fingerprint density at radius 1 is 0.725 bits per heavy atom. The van der Waals surface area contributed by atoms with Gasteiger partial charge >= 0.3 is 0 Å². The molecule has 5 atom stereocenters.